The van der Waals surface area contributed by atoms with Gasteiger partial charge in [0.15, 0.2) is 0 Å². The first-order chi connectivity index (χ1) is 48.1. The van der Waals surface area contributed by atoms with Crippen LogP contribution in [0.15, 0.2) is 291 Å². The van der Waals surface area contributed by atoms with Crippen LogP contribution in [0.4, 0.5) is 34.1 Å². The van der Waals surface area contributed by atoms with Crippen molar-refractivity contribution in [3.8, 4) is 44.5 Å². The molecule has 2 aliphatic rings. The molecule has 0 aliphatic heterocycles. The number of anilines is 6. The molecule has 4 aromatic heterocycles. The smallest absolute Gasteiger partial charge is 0.0543 e. The maximum atomic E-state index is 2.54. The molecule has 0 spiro atoms. The van der Waals surface area contributed by atoms with E-state index in [4.69, 9.17) is 0 Å². The highest BCUT2D eigenvalue weighted by Gasteiger charge is 2.40. The van der Waals surface area contributed by atoms with Gasteiger partial charge in [-0.1, -0.05) is 210 Å². The zero-order valence-electron chi connectivity index (χ0n) is 54.2. The summed E-state index contributed by atoms with van der Waals surface area (Å²) in [6, 6.07) is 111. The Morgan fingerprint density at radius 2 is 0.633 bits per heavy atom. The maximum Gasteiger partial charge on any atom is 0.0543 e. The molecule has 2 aliphatic carbocycles. The normalized spacial score (nSPS) is 13.7. The Balaban J connectivity index is 0.621. The first-order valence-corrected chi connectivity index (χ1v) is 37.1. The lowest BCUT2D eigenvalue weighted by atomic mass is 9.82. The summed E-state index contributed by atoms with van der Waals surface area (Å²) in [5, 5.41) is 15.6. The summed E-state index contributed by atoms with van der Waals surface area (Å²) in [6.45, 7) is 9.50. The van der Waals surface area contributed by atoms with Crippen LogP contribution >= 0.6 is 45.3 Å². The van der Waals surface area contributed by atoms with E-state index in [0.29, 0.717) is 0 Å². The van der Waals surface area contributed by atoms with E-state index in [0.717, 1.165) is 22.7 Å². The quantitative estimate of drug-likeness (QED) is 0.150. The van der Waals surface area contributed by atoms with Crippen molar-refractivity contribution in [3.05, 3.63) is 313 Å². The van der Waals surface area contributed by atoms with Gasteiger partial charge in [-0.05, 0) is 186 Å². The maximum absolute atomic E-state index is 2.54. The summed E-state index contributed by atoms with van der Waals surface area (Å²) in [5.74, 6) is 0. The lowest BCUT2D eigenvalue weighted by Crippen LogP contribution is -2.16. The molecule has 0 radical (unpaired) electrons. The van der Waals surface area contributed by atoms with Gasteiger partial charge >= 0.3 is 0 Å². The van der Waals surface area contributed by atoms with E-state index in [2.05, 4.69) is 329 Å². The summed E-state index contributed by atoms with van der Waals surface area (Å²) in [6.07, 6.45) is 0. The van der Waals surface area contributed by atoms with Gasteiger partial charge in [0.1, 0.15) is 0 Å². The Hall–Kier alpha value is -10.7. The molecule has 19 aromatic rings. The van der Waals surface area contributed by atoms with Gasteiger partial charge in [-0.2, -0.15) is 0 Å². The van der Waals surface area contributed by atoms with Crippen LogP contribution < -0.4 is 9.80 Å². The zero-order valence-corrected chi connectivity index (χ0v) is 57.5. The van der Waals surface area contributed by atoms with Gasteiger partial charge in [-0.15, -0.1) is 45.3 Å². The molecular weight excluding hydrogens is 1260 g/mol. The lowest BCUT2D eigenvalue weighted by molar-refractivity contribution is 0.660. The van der Waals surface area contributed by atoms with Gasteiger partial charge in [0.05, 0.1) is 11.4 Å². The van der Waals surface area contributed by atoms with Crippen molar-refractivity contribution in [2.45, 2.75) is 38.5 Å². The molecule has 21 rings (SSSR count). The Labute approximate surface area is 583 Å². The van der Waals surface area contributed by atoms with Crippen LogP contribution in [-0.4, -0.2) is 0 Å². The third-order valence-corrected chi connectivity index (χ3v) is 26.4. The van der Waals surface area contributed by atoms with E-state index in [-0.39, 0.29) is 10.8 Å². The molecule has 0 amide bonds. The van der Waals surface area contributed by atoms with E-state index in [1.807, 2.05) is 45.3 Å². The molecule has 98 heavy (non-hydrogen) atoms. The fourth-order valence-corrected chi connectivity index (χ4v) is 21.6. The first-order valence-electron chi connectivity index (χ1n) is 33.8. The second kappa shape index (κ2) is 20.9. The van der Waals surface area contributed by atoms with E-state index < -0.39 is 0 Å². The van der Waals surface area contributed by atoms with Crippen molar-refractivity contribution in [3.63, 3.8) is 0 Å². The molecule has 0 fully saturated rings. The van der Waals surface area contributed by atoms with Crippen molar-refractivity contribution < 1.29 is 0 Å². The average molecular weight is 1320 g/mol. The van der Waals surface area contributed by atoms with Crippen LogP contribution in [0.1, 0.15) is 49.9 Å². The van der Waals surface area contributed by atoms with Crippen molar-refractivity contribution in [1.82, 2.24) is 0 Å². The Morgan fingerprint density at radius 1 is 0.235 bits per heavy atom. The molecule has 0 atom stereocenters. The highest BCUT2D eigenvalue weighted by molar-refractivity contribution is 7.27. The lowest BCUT2D eigenvalue weighted by Gasteiger charge is -2.29. The van der Waals surface area contributed by atoms with Gasteiger partial charge in [0.25, 0.3) is 0 Å². The number of nitrogens with zero attached hydrogens (tertiary/aromatic N) is 2. The average Bonchev–Trinajstić information content (AvgIpc) is 1.56. The largest absolute Gasteiger partial charge is 0.310 e. The van der Waals surface area contributed by atoms with Gasteiger partial charge in [-0.3, -0.25) is 0 Å². The van der Waals surface area contributed by atoms with E-state index in [1.54, 1.807) is 0 Å². The number of hydrogen-bond acceptors (Lipinski definition) is 6. The highest BCUT2D eigenvalue weighted by Crippen LogP contribution is 2.58. The van der Waals surface area contributed by atoms with Crippen molar-refractivity contribution >= 4 is 182 Å². The molecule has 0 bridgehead atoms. The number of benzene rings is 15. The number of rotatable bonds is 8. The Morgan fingerprint density at radius 3 is 1.29 bits per heavy atom. The molecule has 462 valence electrons. The molecule has 6 heteroatoms. The third-order valence-electron chi connectivity index (χ3n) is 21.8. The molecule has 0 unspecified atom stereocenters. The molecule has 0 saturated heterocycles. The van der Waals surface area contributed by atoms with E-state index >= 15 is 0 Å². The minimum Gasteiger partial charge on any atom is -0.310 e. The van der Waals surface area contributed by atoms with Crippen LogP contribution in [0.25, 0.3) is 147 Å². The Bertz CT molecular complexity index is 6650. The summed E-state index contributed by atoms with van der Waals surface area (Å²) < 4.78 is 10.4. The molecule has 4 heterocycles. The second-order valence-corrected chi connectivity index (χ2v) is 32.2. The molecule has 15 aromatic carbocycles. The number of fused-ring (bicyclic) bond motifs is 22. The fraction of sp³-hybridized carbons (Fsp3) is 0.0652. The standard InChI is InChI=1S/C92H60N2S4/c1-91(2)73-20-10-7-18-67(73)89-75(91)22-13-24-77(89)93(60-37-45-80-71(50-60)65-17-9-12-26-79(65)95-80)59-34-27-53(28-35-59)56-31-41-69-85(48-56)97-83-44-33-58-47-55(29-39-64(58)88(69)83)57-30-40-66-72-51-61(38-46-81(72)96-84(66)49-57)94(78-25-14-23-76-90(78)68-19-8-11-21-74(68)92(76,3)4)62-36-42-70-86(52-62)98-82-43-32-54-15-5-6-16-63(54)87(70)82/h5-52H,1-4H3. The SMILES string of the molecule is CC1(C)c2ccccc2-c2c(N(c3ccc(-c4ccc5c(c4)sc4ccc6cc(-c7ccc8c(c7)sc7ccc(N(c9ccc%10c(c9)sc9ccc%11ccccc%11c9%10)c9cccc%10c9-c9ccccc9C%10(C)C)cc78)ccc6c45)cc3)c3ccc4sc5ccccc5c4c3)cccc21. The summed E-state index contributed by atoms with van der Waals surface area (Å²) in [4.78, 5) is 5.03. The minimum atomic E-state index is -0.132. The zero-order chi connectivity index (χ0) is 64.9. The van der Waals surface area contributed by atoms with Gasteiger partial charge in [0.2, 0.25) is 0 Å². The van der Waals surface area contributed by atoms with Crippen molar-refractivity contribution in [2.24, 2.45) is 0 Å². The van der Waals surface area contributed by atoms with Crippen LogP contribution in [0.3, 0.4) is 0 Å². The monoisotopic (exact) mass is 1320 g/mol. The van der Waals surface area contributed by atoms with Gasteiger partial charge in [-0.25, -0.2) is 0 Å². The van der Waals surface area contributed by atoms with Crippen LogP contribution in [0.2, 0.25) is 0 Å². The predicted octanol–water partition coefficient (Wildman–Crippen LogP) is 28.4. The Kier molecular flexibility index (Phi) is 12.0. The first kappa shape index (κ1) is 56.5. The summed E-state index contributed by atoms with van der Waals surface area (Å²) in [7, 11) is 0. The van der Waals surface area contributed by atoms with E-state index in [1.165, 1.54) is 180 Å². The van der Waals surface area contributed by atoms with Gasteiger partial charge < -0.3 is 9.80 Å². The van der Waals surface area contributed by atoms with Crippen molar-refractivity contribution in [2.75, 3.05) is 9.80 Å². The number of thiophene rings is 4. The summed E-state index contributed by atoms with van der Waals surface area (Å²) >= 11 is 7.55. The topological polar surface area (TPSA) is 6.48 Å². The molecule has 0 saturated carbocycles. The second-order valence-electron chi connectivity index (χ2n) is 27.9. The number of hydrogen-bond donors (Lipinski definition) is 0. The van der Waals surface area contributed by atoms with Gasteiger partial charge in [0, 0.05) is 125 Å². The summed E-state index contributed by atoms with van der Waals surface area (Å²) in [5.41, 5.74) is 22.3. The predicted molar refractivity (Wildman–Crippen MR) is 428 cm³/mol. The molecular formula is C92H60N2S4. The molecule has 2 nitrogen and oxygen atoms in total. The molecule has 0 N–H and O–H groups in total. The van der Waals surface area contributed by atoms with Crippen LogP contribution in [0, 0.1) is 0 Å². The minimum absolute atomic E-state index is 0.117. The highest BCUT2D eigenvalue weighted by atomic mass is 32.1. The van der Waals surface area contributed by atoms with E-state index in [9.17, 15) is 0 Å². The third kappa shape index (κ3) is 8.24. The van der Waals surface area contributed by atoms with Crippen LogP contribution in [0.5, 0.6) is 0 Å². The fourth-order valence-electron chi connectivity index (χ4n) is 17.1. The van der Waals surface area contributed by atoms with Crippen LogP contribution in [-0.2, 0) is 10.8 Å². The van der Waals surface area contributed by atoms with Crippen molar-refractivity contribution in [1.29, 1.82) is 0 Å².